The molecule has 1 unspecified atom stereocenters. The second-order valence-corrected chi connectivity index (χ2v) is 4.43. The number of thiazole rings is 1. The fraction of sp³-hybridized carbons (Fsp3) is 0.250. The van der Waals surface area contributed by atoms with Crippen LogP contribution in [-0.4, -0.2) is 12.0 Å². The van der Waals surface area contributed by atoms with Crippen molar-refractivity contribution >= 4 is 11.3 Å². The molecule has 1 aromatic heterocycles. The molecule has 0 aliphatic carbocycles. The Labute approximate surface area is 102 Å². The Kier molecular flexibility index (Phi) is 3.81. The number of rotatable bonds is 4. The zero-order valence-electron chi connectivity index (χ0n) is 9.28. The van der Waals surface area contributed by atoms with Gasteiger partial charge in [-0.2, -0.15) is 0 Å². The van der Waals surface area contributed by atoms with Crippen molar-refractivity contribution in [1.82, 2.24) is 10.3 Å². The van der Waals surface area contributed by atoms with E-state index >= 15 is 0 Å². The van der Waals surface area contributed by atoms with Crippen LogP contribution in [0.15, 0.2) is 29.1 Å². The van der Waals surface area contributed by atoms with Crippen molar-refractivity contribution in [2.75, 3.05) is 7.05 Å². The first-order valence-corrected chi connectivity index (χ1v) is 6.14. The molecule has 0 aliphatic heterocycles. The van der Waals surface area contributed by atoms with Crippen LogP contribution in [0.4, 0.5) is 8.78 Å². The highest BCUT2D eigenvalue weighted by molar-refractivity contribution is 7.07. The predicted molar refractivity (Wildman–Crippen MR) is 64.0 cm³/mol. The zero-order valence-corrected chi connectivity index (χ0v) is 10.1. The van der Waals surface area contributed by atoms with E-state index in [0.29, 0.717) is 6.42 Å². The van der Waals surface area contributed by atoms with Gasteiger partial charge >= 0.3 is 0 Å². The molecule has 1 heterocycles. The van der Waals surface area contributed by atoms with Gasteiger partial charge in [0.05, 0.1) is 17.2 Å². The number of aromatic nitrogens is 1. The first-order chi connectivity index (χ1) is 8.20. The van der Waals surface area contributed by atoms with E-state index in [1.54, 1.807) is 11.6 Å². The average Bonchev–Trinajstić information content (AvgIpc) is 2.84. The Morgan fingerprint density at radius 3 is 2.76 bits per heavy atom. The Morgan fingerprint density at radius 1 is 1.35 bits per heavy atom. The minimum atomic E-state index is -0.816. The summed E-state index contributed by atoms with van der Waals surface area (Å²) in [6, 6.07) is 3.99. The molecule has 90 valence electrons. The molecule has 0 spiro atoms. The third-order valence-corrected chi connectivity index (χ3v) is 3.19. The van der Waals surface area contributed by atoms with Gasteiger partial charge in [-0.1, -0.05) is 6.07 Å². The molecule has 0 radical (unpaired) electrons. The Hall–Kier alpha value is -1.33. The summed E-state index contributed by atoms with van der Waals surface area (Å²) >= 11 is 1.51. The van der Waals surface area contributed by atoms with Gasteiger partial charge in [0.15, 0.2) is 11.6 Å². The summed E-state index contributed by atoms with van der Waals surface area (Å²) in [6.07, 6.45) is 0.581. The molecule has 0 aliphatic rings. The van der Waals surface area contributed by atoms with Crippen LogP contribution < -0.4 is 5.32 Å². The topological polar surface area (TPSA) is 24.9 Å². The lowest BCUT2D eigenvalue weighted by molar-refractivity contribution is 0.504. The molecule has 0 bridgehead atoms. The summed E-state index contributed by atoms with van der Waals surface area (Å²) in [5.41, 5.74) is 3.42. The van der Waals surface area contributed by atoms with Crippen molar-refractivity contribution in [2.24, 2.45) is 0 Å². The fourth-order valence-electron chi connectivity index (χ4n) is 1.65. The van der Waals surface area contributed by atoms with Gasteiger partial charge in [-0.3, -0.25) is 0 Å². The summed E-state index contributed by atoms with van der Waals surface area (Å²) in [5, 5.41) is 5.06. The number of hydrogen-bond donors (Lipinski definition) is 1. The van der Waals surface area contributed by atoms with E-state index in [1.165, 1.54) is 17.4 Å². The maximum atomic E-state index is 13.1. The van der Waals surface area contributed by atoms with Crippen molar-refractivity contribution < 1.29 is 8.78 Å². The van der Waals surface area contributed by atoms with Crippen LogP contribution in [0.1, 0.15) is 17.3 Å². The largest absolute Gasteiger partial charge is 0.311 e. The molecule has 2 aromatic rings. The molecule has 0 saturated carbocycles. The zero-order chi connectivity index (χ0) is 12.3. The minimum Gasteiger partial charge on any atom is -0.311 e. The van der Waals surface area contributed by atoms with E-state index in [4.69, 9.17) is 0 Å². The first kappa shape index (κ1) is 12.1. The SMILES string of the molecule is CNC(Cc1ccc(F)c(F)c1)c1cscn1. The molecule has 1 atom stereocenters. The highest BCUT2D eigenvalue weighted by Gasteiger charge is 2.13. The lowest BCUT2D eigenvalue weighted by Gasteiger charge is -2.13. The Morgan fingerprint density at radius 2 is 2.18 bits per heavy atom. The van der Waals surface area contributed by atoms with Crippen LogP contribution >= 0.6 is 11.3 Å². The van der Waals surface area contributed by atoms with Crippen molar-refractivity contribution in [3.63, 3.8) is 0 Å². The highest BCUT2D eigenvalue weighted by Crippen LogP contribution is 2.19. The third kappa shape index (κ3) is 2.87. The number of hydrogen-bond acceptors (Lipinski definition) is 3. The van der Waals surface area contributed by atoms with Crippen molar-refractivity contribution in [2.45, 2.75) is 12.5 Å². The van der Waals surface area contributed by atoms with Gasteiger partial charge in [-0.05, 0) is 31.2 Å². The smallest absolute Gasteiger partial charge is 0.159 e. The lowest BCUT2D eigenvalue weighted by atomic mass is 10.0. The number of nitrogens with one attached hydrogen (secondary N) is 1. The molecule has 1 aromatic carbocycles. The number of nitrogens with zero attached hydrogens (tertiary/aromatic N) is 1. The van der Waals surface area contributed by atoms with E-state index in [1.807, 2.05) is 12.4 Å². The van der Waals surface area contributed by atoms with Gasteiger partial charge in [0.25, 0.3) is 0 Å². The number of likely N-dealkylation sites (N-methyl/N-ethyl adjacent to an activating group) is 1. The Balaban J connectivity index is 2.16. The highest BCUT2D eigenvalue weighted by atomic mass is 32.1. The van der Waals surface area contributed by atoms with Gasteiger partial charge in [0, 0.05) is 5.38 Å². The minimum absolute atomic E-state index is 0.0195. The third-order valence-electron chi connectivity index (χ3n) is 2.58. The fourth-order valence-corrected chi connectivity index (χ4v) is 2.26. The maximum absolute atomic E-state index is 13.1. The van der Waals surface area contributed by atoms with E-state index in [0.717, 1.165) is 17.3 Å². The summed E-state index contributed by atoms with van der Waals surface area (Å²) in [5.74, 6) is -1.63. The predicted octanol–water partition coefficient (Wildman–Crippen LogP) is 2.92. The molecular formula is C12H12F2N2S. The van der Waals surface area contributed by atoms with Crippen LogP contribution in [0.5, 0.6) is 0 Å². The second kappa shape index (κ2) is 5.33. The van der Waals surface area contributed by atoms with E-state index < -0.39 is 11.6 Å². The quantitative estimate of drug-likeness (QED) is 0.907. The van der Waals surface area contributed by atoms with Gasteiger partial charge < -0.3 is 5.32 Å². The van der Waals surface area contributed by atoms with E-state index in [9.17, 15) is 8.78 Å². The lowest BCUT2D eigenvalue weighted by Crippen LogP contribution is -2.19. The van der Waals surface area contributed by atoms with Gasteiger partial charge in [0.2, 0.25) is 0 Å². The van der Waals surface area contributed by atoms with Crippen LogP contribution in [0, 0.1) is 11.6 Å². The molecule has 0 fully saturated rings. The summed E-state index contributed by atoms with van der Waals surface area (Å²) in [4.78, 5) is 4.21. The van der Waals surface area contributed by atoms with Gasteiger partial charge in [-0.15, -0.1) is 11.3 Å². The molecule has 0 saturated heterocycles. The van der Waals surface area contributed by atoms with Crippen LogP contribution in [0.25, 0.3) is 0 Å². The first-order valence-electron chi connectivity index (χ1n) is 5.20. The van der Waals surface area contributed by atoms with Crippen LogP contribution in [0.2, 0.25) is 0 Å². The molecular weight excluding hydrogens is 242 g/mol. The standard InChI is InChI=1S/C12H12F2N2S/c1-15-11(12-6-17-7-16-12)5-8-2-3-9(13)10(14)4-8/h2-4,6-7,11,15H,5H2,1H3. The average molecular weight is 254 g/mol. The molecule has 2 rings (SSSR count). The summed E-state index contributed by atoms with van der Waals surface area (Å²) in [7, 11) is 1.82. The van der Waals surface area contributed by atoms with Crippen molar-refractivity contribution in [3.05, 3.63) is 52.0 Å². The Bertz CT molecular complexity index is 485. The molecule has 17 heavy (non-hydrogen) atoms. The second-order valence-electron chi connectivity index (χ2n) is 3.71. The molecule has 0 amide bonds. The van der Waals surface area contributed by atoms with Crippen LogP contribution in [0.3, 0.4) is 0 Å². The molecule has 1 N–H and O–H groups in total. The van der Waals surface area contributed by atoms with Crippen molar-refractivity contribution in [1.29, 1.82) is 0 Å². The van der Waals surface area contributed by atoms with E-state index in [-0.39, 0.29) is 6.04 Å². The summed E-state index contributed by atoms with van der Waals surface area (Å²) in [6.45, 7) is 0. The molecule has 2 nitrogen and oxygen atoms in total. The van der Waals surface area contributed by atoms with E-state index in [2.05, 4.69) is 10.3 Å². The monoisotopic (exact) mass is 254 g/mol. The number of benzene rings is 1. The normalized spacial score (nSPS) is 12.6. The molecule has 5 heteroatoms. The van der Waals surface area contributed by atoms with Crippen molar-refractivity contribution in [3.8, 4) is 0 Å². The number of halogens is 2. The van der Waals surface area contributed by atoms with Crippen LogP contribution in [-0.2, 0) is 6.42 Å². The van der Waals surface area contributed by atoms with Gasteiger partial charge in [-0.25, -0.2) is 13.8 Å². The van der Waals surface area contributed by atoms with Gasteiger partial charge in [0.1, 0.15) is 0 Å². The maximum Gasteiger partial charge on any atom is 0.159 e. The summed E-state index contributed by atoms with van der Waals surface area (Å²) < 4.78 is 25.9.